The summed E-state index contributed by atoms with van der Waals surface area (Å²) in [5.41, 5.74) is -0.00417. The third-order valence-electron chi connectivity index (χ3n) is 3.18. The molecule has 1 aromatic rings. The minimum atomic E-state index is -1.04. The lowest BCUT2D eigenvalue weighted by Gasteiger charge is -2.26. The quantitative estimate of drug-likeness (QED) is 0.806. The van der Waals surface area contributed by atoms with E-state index in [0.29, 0.717) is 11.7 Å². The van der Waals surface area contributed by atoms with Crippen LogP contribution in [0.15, 0.2) is 12.4 Å². The van der Waals surface area contributed by atoms with Crippen molar-refractivity contribution >= 4 is 11.8 Å². The van der Waals surface area contributed by atoms with Crippen molar-refractivity contribution in [1.82, 2.24) is 9.97 Å². The molecule has 0 aliphatic heterocycles. The molecule has 0 aliphatic carbocycles. The predicted octanol–water partition coefficient (Wildman–Crippen LogP) is 2.44. The Kier molecular flexibility index (Phi) is 5.55. The lowest BCUT2D eigenvalue weighted by atomic mass is 10.0. The number of anilines is 1. The smallest absolute Gasteiger partial charge is 0.356 e. The Morgan fingerprint density at radius 3 is 2.50 bits per heavy atom. The SMILES string of the molecule is CCC(CC)CN(CC)c1cncc(C(=O)O)n1. The fourth-order valence-electron chi connectivity index (χ4n) is 1.85. The number of hydrogen-bond donors (Lipinski definition) is 1. The number of carboxylic acids is 1. The van der Waals surface area contributed by atoms with Crippen LogP contribution in [-0.4, -0.2) is 34.1 Å². The Bertz CT molecular complexity index is 392. The molecule has 1 heterocycles. The highest BCUT2D eigenvalue weighted by molar-refractivity contribution is 5.85. The summed E-state index contributed by atoms with van der Waals surface area (Å²) in [6, 6.07) is 0. The molecular formula is C13H21N3O2. The van der Waals surface area contributed by atoms with Gasteiger partial charge in [-0.25, -0.2) is 9.78 Å². The Hall–Kier alpha value is -1.65. The molecule has 1 N–H and O–H groups in total. The van der Waals surface area contributed by atoms with Gasteiger partial charge in [-0.3, -0.25) is 4.98 Å². The van der Waals surface area contributed by atoms with Crippen LogP contribution in [-0.2, 0) is 0 Å². The Labute approximate surface area is 108 Å². The molecule has 0 saturated heterocycles. The summed E-state index contributed by atoms with van der Waals surface area (Å²) in [5.74, 6) is 0.201. The standard InChI is InChI=1S/C13H21N3O2/c1-4-10(5-2)9-16(6-3)12-8-14-7-11(15-12)13(17)18/h7-8,10H,4-6,9H2,1-3H3,(H,17,18). The number of carbonyl (C=O) groups is 1. The van der Waals surface area contributed by atoms with Crippen LogP contribution in [0.4, 0.5) is 5.82 Å². The average Bonchev–Trinajstić information content (AvgIpc) is 2.40. The van der Waals surface area contributed by atoms with Crippen molar-refractivity contribution in [3.63, 3.8) is 0 Å². The van der Waals surface area contributed by atoms with Gasteiger partial charge in [0.2, 0.25) is 0 Å². The molecule has 0 bridgehead atoms. The van der Waals surface area contributed by atoms with E-state index in [1.165, 1.54) is 6.20 Å². The largest absolute Gasteiger partial charge is 0.476 e. The van der Waals surface area contributed by atoms with E-state index in [-0.39, 0.29) is 5.69 Å². The van der Waals surface area contributed by atoms with E-state index < -0.39 is 5.97 Å². The second kappa shape index (κ2) is 6.93. The van der Waals surface area contributed by atoms with Crippen molar-refractivity contribution < 1.29 is 9.90 Å². The van der Waals surface area contributed by atoms with Gasteiger partial charge < -0.3 is 10.0 Å². The van der Waals surface area contributed by atoms with Crippen molar-refractivity contribution in [2.24, 2.45) is 5.92 Å². The maximum absolute atomic E-state index is 10.9. The van der Waals surface area contributed by atoms with Gasteiger partial charge in [-0.15, -0.1) is 0 Å². The van der Waals surface area contributed by atoms with E-state index in [1.54, 1.807) is 6.20 Å². The van der Waals surface area contributed by atoms with Gasteiger partial charge in [0, 0.05) is 13.1 Å². The van der Waals surface area contributed by atoms with Crippen molar-refractivity contribution in [3.8, 4) is 0 Å². The predicted molar refractivity (Wildman–Crippen MR) is 71.0 cm³/mol. The highest BCUT2D eigenvalue weighted by Crippen LogP contribution is 2.15. The first-order chi connectivity index (χ1) is 8.62. The van der Waals surface area contributed by atoms with Crippen LogP contribution < -0.4 is 4.90 Å². The summed E-state index contributed by atoms with van der Waals surface area (Å²) in [5, 5.41) is 8.92. The van der Waals surface area contributed by atoms with Gasteiger partial charge >= 0.3 is 5.97 Å². The lowest BCUT2D eigenvalue weighted by molar-refractivity contribution is 0.0690. The molecule has 0 fully saturated rings. The van der Waals surface area contributed by atoms with Gasteiger partial charge in [0.15, 0.2) is 5.69 Å². The van der Waals surface area contributed by atoms with E-state index in [2.05, 4.69) is 28.7 Å². The van der Waals surface area contributed by atoms with Crippen LogP contribution in [0.5, 0.6) is 0 Å². The molecule has 0 atom stereocenters. The number of aromatic carboxylic acids is 1. The van der Waals surface area contributed by atoms with E-state index in [9.17, 15) is 4.79 Å². The second-order valence-electron chi connectivity index (χ2n) is 4.29. The normalized spacial score (nSPS) is 10.7. The fourth-order valence-corrected chi connectivity index (χ4v) is 1.85. The van der Waals surface area contributed by atoms with E-state index in [0.717, 1.165) is 25.9 Å². The minimum absolute atomic E-state index is 0.00417. The lowest BCUT2D eigenvalue weighted by Crippen LogP contribution is -2.30. The fraction of sp³-hybridized carbons (Fsp3) is 0.615. The zero-order valence-electron chi connectivity index (χ0n) is 11.3. The number of carboxylic acid groups (broad SMARTS) is 1. The molecule has 0 aliphatic rings. The summed E-state index contributed by atoms with van der Waals surface area (Å²) in [6.07, 6.45) is 5.12. The number of nitrogens with zero attached hydrogens (tertiary/aromatic N) is 3. The molecule has 0 spiro atoms. The molecule has 0 unspecified atom stereocenters. The summed E-state index contributed by atoms with van der Waals surface area (Å²) < 4.78 is 0. The molecule has 5 heteroatoms. The maximum Gasteiger partial charge on any atom is 0.356 e. The van der Waals surface area contributed by atoms with Crippen LogP contribution in [0.2, 0.25) is 0 Å². The third kappa shape index (κ3) is 3.68. The van der Waals surface area contributed by atoms with Gasteiger partial charge in [-0.05, 0) is 12.8 Å². The molecular weight excluding hydrogens is 230 g/mol. The summed E-state index contributed by atoms with van der Waals surface area (Å²) in [4.78, 5) is 21.0. The van der Waals surface area contributed by atoms with Gasteiger partial charge in [0.25, 0.3) is 0 Å². The Morgan fingerprint density at radius 1 is 1.33 bits per heavy atom. The van der Waals surface area contributed by atoms with Crippen molar-refractivity contribution in [1.29, 1.82) is 0 Å². The van der Waals surface area contributed by atoms with Crippen molar-refractivity contribution in [3.05, 3.63) is 18.1 Å². The zero-order chi connectivity index (χ0) is 13.5. The molecule has 100 valence electrons. The van der Waals surface area contributed by atoms with Gasteiger partial charge in [0.05, 0.1) is 12.4 Å². The van der Waals surface area contributed by atoms with Gasteiger partial charge in [-0.2, -0.15) is 0 Å². The summed E-state index contributed by atoms with van der Waals surface area (Å²) in [6.45, 7) is 8.07. The highest BCUT2D eigenvalue weighted by Gasteiger charge is 2.14. The second-order valence-corrected chi connectivity index (χ2v) is 4.29. The van der Waals surface area contributed by atoms with Gasteiger partial charge in [0.1, 0.15) is 5.82 Å². The van der Waals surface area contributed by atoms with Gasteiger partial charge in [-0.1, -0.05) is 26.7 Å². The van der Waals surface area contributed by atoms with E-state index in [4.69, 9.17) is 5.11 Å². The maximum atomic E-state index is 10.9. The first-order valence-corrected chi connectivity index (χ1v) is 6.42. The summed E-state index contributed by atoms with van der Waals surface area (Å²) in [7, 11) is 0. The first kappa shape index (κ1) is 14.4. The first-order valence-electron chi connectivity index (χ1n) is 6.42. The third-order valence-corrected chi connectivity index (χ3v) is 3.18. The zero-order valence-corrected chi connectivity index (χ0v) is 11.3. The van der Waals surface area contributed by atoms with Crippen LogP contribution in [0, 0.1) is 5.92 Å². The molecule has 0 aromatic carbocycles. The number of aromatic nitrogens is 2. The molecule has 18 heavy (non-hydrogen) atoms. The average molecular weight is 251 g/mol. The molecule has 1 rings (SSSR count). The van der Waals surface area contributed by atoms with E-state index >= 15 is 0 Å². The molecule has 5 nitrogen and oxygen atoms in total. The van der Waals surface area contributed by atoms with Crippen LogP contribution >= 0.6 is 0 Å². The highest BCUT2D eigenvalue weighted by atomic mass is 16.4. The topological polar surface area (TPSA) is 66.3 Å². The van der Waals surface area contributed by atoms with Crippen LogP contribution in [0.25, 0.3) is 0 Å². The monoisotopic (exact) mass is 251 g/mol. The minimum Gasteiger partial charge on any atom is -0.476 e. The van der Waals surface area contributed by atoms with Crippen molar-refractivity contribution in [2.45, 2.75) is 33.6 Å². The molecule has 0 amide bonds. The number of hydrogen-bond acceptors (Lipinski definition) is 4. The number of rotatable bonds is 7. The summed E-state index contributed by atoms with van der Waals surface area (Å²) >= 11 is 0. The molecule has 0 radical (unpaired) electrons. The van der Waals surface area contributed by atoms with Crippen molar-refractivity contribution in [2.75, 3.05) is 18.0 Å². The Morgan fingerprint density at radius 2 is 2.00 bits per heavy atom. The molecule has 1 aromatic heterocycles. The van der Waals surface area contributed by atoms with Crippen LogP contribution in [0.1, 0.15) is 44.1 Å². The van der Waals surface area contributed by atoms with Crippen LogP contribution in [0.3, 0.4) is 0 Å². The van der Waals surface area contributed by atoms with E-state index in [1.807, 2.05) is 6.92 Å². The Balaban J connectivity index is 2.87. The molecule has 0 saturated carbocycles.